The number of carbonyl (C=O) groups excluding carboxylic acids is 1. The lowest BCUT2D eigenvalue weighted by molar-refractivity contribution is 0.00612. The fourth-order valence-electron chi connectivity index (χ4n) is 2.96. The topological polar surface area (TPSA) is 90.6 Å². The van der Waals surface area contributed by atoms with Crippen molar-refractivity contribution in [1.82, 2.24) is 9.97 Å². The number of pyridine rings is 2. The molecule has 24 heavy (non-hydrogen) atoms. The second-order valence-electron chi connectivity index (χ2n) is 5.84. The summed E-state index contributed by atoms with van der Waals surface area (Å²) in [6.07, 6.45) is 5.68. The first-order valence-electron chi connectivity index (χ1n) is 8.09. The number of ether oxygens (including phenoxy) is 2. The van der Waals surface area contributed by atoms with E-state index in [2.05, 4.69) is 14.9 Å². The van der Waals surface area contributed by atoms with Crippen molar-refractivity contribution < 1.29 is 14.3 Å². The van der Waals surface area contributed by atoms with Crippen molar-refractivity contribution >= 4 is 22.5 Å². The van der Waals surface area contributed by atoms with Gasteiger partial charge in [-0.1, -0.05) is 0 Å². The number of aromatic nitrogens is 2. The minimum Gasteiger partial charge on any atom is -0.382 e. The number of rotatable bonds is 6. The second-order valence-corrected chi connectivity index (χ2v) is 5.84. The van der Waals surface area contributed by atoms with Crippen LogP contribution in [0.4, 0.5) is 5.69 Å². The normalized spacial score (nSPS) is 15.8. The fraction of sp³-hybridized carbons (Fsp3) is 0.471. The highest BCUT2D eigenvalue weighted by atomic mass is 16.5. The molecule has 0 aromatic carbocycles. The van der Waals surface area contributed by atoms with Crippen molar-refractivity contribution in [2.24, 2.45) is 5.73 Å². The molecule has 0 atom stereocenters. The SMILES string of the molecule is COCCOC1CCN(c2cncc3ccc(C(N)=O)nc23)CC1. The molecule has 1 aliphatic rings. The predicted molar refractivity (Wildman–Crippen MR) is 91.1 cm³/mol. The van der Waals surface area contributed by atoms with E-state index in [4.69, 9.17) is 15.2 Å². The number of amides is 1. The predicted octanol–water partition coefficient (Wildman–Crippen LogP) is 1.36. The monoisotopic (exact) mass is 330 g/mol. The lowest BCUT2D eigenvalue weighted by Crippen LogP contribution is -2.37. The molecule has 0 radical (unpaired) electrons. The Balaban J connectivity index is 1.75. The molecule has 1 amide bonds. The van der Waals surface area contributed by atoms with Crippen molar-refractivity contribution in [3.05, 3.63) is 30.2 Å². The standard InChI is InChI=1S/C17H22N4O3/c1-23-8-9-24-13-4-6-21(7-5-13)15-11-19-10-12-2-3-14(17(18)22)20-16(12)15/h2-3,10-11,13H,4-9H2,1H3,(H2,18,22). The number of methoxy groups -OCH3 is 1. The maximum absolute atomic E-state index is 11.4. The number of fused-ring (bicyclic) bond motifs is 1. The molecule has 2 N–H and O–H groups in total. The lowest BCUT2D eigenvalue weighted by atomic mass is 10.1. The van der Waals surface area contributed by atoms with E-state index in [1.807, 2.05) is 6.07 Å². The minimum absolute atomic E-state index is 0.258. The summed E-state index contributed by atoms with van der Waals surface area (Å²) in [6, 6.07) is 3.46. The number of piperidine rings is 1. The maximum Gasteiger partial charge on any atom is 0.267 e. The van der Waals surface area contributed by atoms with Gasteiger partial charge >= 0.3 is 0 Å². The molecular weight excluding hydrogens is 308 g/mol. The zero-order valence-corrected chi connectivity index (χ0v) is 13.8. The number of hydrogen-bond donors (Lipinski definition) is 1. The molecule has 0 saturated carbocycles. The van der Waals surface area contributed by atoms with Gasteiger partial charge in [0.05, 0.1) is 36.7 Å². The number of primary amides is 1. The summed E-state index contributed by atoms with van der Waals surface area (Å²) < 4.78 is 10.8. The summed E-state index contributed by atoms with van der Waals surface area (Å²) >= 11 is 0. The van der Waals surface area contributed by atoms with E-state index in [0.717, 1.165) is 42.5 Å². The number of nitrogens with zero attached hydrogens (tertiary/aromatic N) is 3. The zero-order chi connectivity index (χ0) is 16.9. The third-order valence-corrected chi connectivity index (χ3v) is 4.26. The van der Waals surface area contributed by atoms with Crippen LogP contribution in [-0.2, 0) is 9.47 Å². The van der Waals surface area contributed by atoms with Crippen LogP contribution in [0.1, 0.15) is 23.3 Å². The van der Waals surface area contributed by atoms with Crippen LogP contribution in [0.2, 0.25) is 0 Å². The van der Waals surface area contributed by atoms with Crippen LogP contribution < -0.4 is 10.6 Å². The van der Waals surface area contributed by atoms with Crippen molar-refractivity contribution in [1.29, 1.82) is 0 Å². The molecule has 3 rings (SSSR count). The van der Waals surface area contributed by atoms with E-state index < -0.39 is 5.91 Å². The largest absolute Gasteiger partial charge is 0.382 e. The molecule has 0 unspecified atom stereocenters. The van der Waals surface area contributed by atoms with Crippen LogP contribution in [0.25, 0.3) is 10.9 Å². The van der Waals surface area contributed by atoms with E-state index in [-0.39, 0.29) is 11.8 Å². The van der Waals surface area contributed by atoms with Crippen LogP contribution in [0.3, 0.4) is 0 Å². The number of nitrogens with two attached hydrogens (primary N) is 1. The zero-order valence-electron chi connectivity index (χ0n) is 13.8. The van der Waals surface area contributed by atoms with Gasteiger partial charge in [-0.15, -0.1) is 0 Å². The average Bonchev–Trinajstić information content (AvgIpc) is 2.61. The quantitative estimate of drug-likeness (QED) is 0.804. The summed E-state index contributed by atoms with van der Waals surface area (Å²) in [5.74, 6) is -0.523. The Morgan fingerprint density at radius 1 is 1.29 bits per heavy atom. The van der Waals surface area contributed by atoms with Crippen LogP contribution in [-0.4, -0.2) is 55.4 Å². The van der Waals surface area contributed by atoms with Crippen LogP contribution in [0, 0.1) is 0 Å². The van der Waals surface area contributed by atoms with Crippen LogP contribution in [0.15, 0.2) is 24.5 Å². The third kappa shape index (κ3) is 3.63. The first-order valence-corrected chi connectivity index (χ1v) is 8.09. The lowest BCUT2D eigenvalue weighted by Gasteiger charge is -2.33. The van der Waals surface area contributed by atoms with Crippen molar-refractivity contribution in [3.63, 3.8) is 0 Å². The smallest absolute Gasteiger partial charge is 0.267 e. The average molecular weight is 330 g/mol. The first-order chi connectivity index (χ1) is 11.7. The van der Waals surface area contributed by atoms with Gasteiger partial charge in [0.15, 0.2) is 0 Å². The molecule has 0 aliphatic carbocycles. The van der Waals surface area contributed by atoms with E-state index in [1.54, 1.807) is 25.6 Å². The molecule has 7 nitrogen and oxygen atoms in total. The summed E-state index contributed by atoms with van der Waals surface area (Å²) in [7, 11) is 1.67. The molecule has 7 heteroatoms. The van der Waals surface area contributed by atoms with Crippen molar-refractivity contribution in [2.45, 2.75) is 18.9 Å². The van der Waals surface area contributed by atoms with Gasteiger partial charge in [0.25, 0.3) is 5.91 Å². The molecule has 2 aromatic rings. The molecular formula is C17H22N4O3. The van der Waals surface area contributed by atoms with Crippen LogP contribution in [0.5, 0.6) is 0 Å². The molecule has 128 valence electrons. The highest BCUT2D eigenvalue weighted by Crippen LogP contribution is 2.27. The Labute approximate surface area is 140 Å². The maximum atomic E-state index is 11.4. The minimum atomic E-state index is -0.523. The van der Waals surface area contributed by atoms with Gasteiger partial charge in [0.1, 0.15) is 5.69 Å². The molecule has 0 spiro atoms. The van der Waals surface area contributed by atoms with Gasteiger partial charge < -0.3 is 20.1 Å². The Morgan fingerprint density at radius 3 is 2.79 bits per heavy atom. The molecule has 1 aliphatic heterocycles. The molecule has 1 fully saturated rings. The Bertz CT molecular complexity index is 714. The summed E-state index contributed by atoms with van der Waals surface area (Å²) in [6.45, 7) is 2.97. The fourth-order valence-corrected chi connectivity index (χ4v) is 2.96. The van der Waals surface area contributed by atoms with Gasteiger partial charge in [-0.25, -0.2) is 4.98 Å². The highest BCUT2D eigenvalue weighted by Gasteiger charge is 2.22. The van der Waals surface area contributed by atoms with Crippen molar-refractivity contribution in [3.8, 4) is 0 Å². The van der Waals surface area contributed by atoms with E-state index in [0.29, 0.717) is 13.2 Å². The molecule has 3 heterocycles. The van der Waals surface area contributed by atoms with Gasteiger partial charge in [0.2, 0.25) is 0 Å². The molecule has 0 bridgehead atoms. The first kappa shape index (κ1) is 16.6. The Morgan fingerprint density at radius 2 is 2.08 bits per heavy atom. The van der Waals surface area contributed by atoms with Gasteiger partial charge in [-0.3, -0.25) is 9.78 Å². The number of anilines is 1. The van der Waals surface area contributed by atoms with Crippen molar-refractivity contribution in [2.75, 3.05) is 38.3 Å². The highest BCUT2D eigenvalue weighted by molar-refractivity contribution is 5.96. The molecule has 1 saturated heterocycles. The number of carbonyl (C=O) groups is 1. The van der Waals surface area contributed by atoms with Gasteiger partial charge in [-0.05, 0) is 25.0 Å². The van der Waals surface area contributed by atoms with E-state index in [9.17, 15) is 4.79 Å². The Kier molecular flexibility index (Phi) is 5.22. The van der Waals surface area contributed by atoms with E-state index >= 15 is 0 Å². The second kappa shape index (κ2) is 7.55. The number of hydrogen-bond acceptors (Lipinski definition) is 6. The van der Waals surface area contributed by atoms with Gasteiger partial charge in [-0.2, -0.15) is 0 Å². The summed E-state index contributed by atoms with van der Waals surface area (Å²) in [5.41, 5.74) is 7.32. The molecule has 2 aromatic heterocycles. The summed E-state index contributed by atoms with van der Waals surface area (Å²) in [5, 5.41) is 0.899. The Hall–Kier alpha value is -2.25. The van der Waals surface area contributed by atoms with Gasteiger partial charge in [0, 0.05) is 31.8 Å². The summed E-state index contributed by atoms with van der Waals surface area (Å²) in [4.78, 5) is 22.4. The third-order valence-electron chi connectivity index (χ3n) is 4.26. The van der Waals surface area contributed by atoms with E-state index in [1.165, 1.54) is 0 Å². The van der Waals surface area contributed by atoms with Crippen LogP contribution >= 0.6 is 0 Å².